The van der Waals surface area contributed by atoms with E-state index in [-0.39, 0.29) is 0 Å². The van der Waals surface area contributed by atoms with E-state index in [0.717, 1.165) is 58.3 Å². The van der Waals surface area contributed by atoms with Crippen LogP contribution in [-0.4, -0.2) is 49.5 Å². The summed E-state index contributed by atoms with van der Waals surface area (Å²) in [4.78, 5) is 0. The first kappa shape index (κ1) is 22.2. The van der Waals surface area contributed by atoms with E-state index in [1.54, 1.807) is 0 Å². The normalized spacial score (nSPS) is 9.90. The molecule has 0 aliphatic carbocycles. The van der Waals surface area contributed by atoms with Crippen molar-refractivity contribution < 1.29 is 29.0 Å². The molecule has 0 aromatic rings. The zero-order chi connectivity index (χ0) is 15.6. The predicted molar refractivity (Wildman–Crippen MR) is 80.7 cm³/mol. The fourth-order valence-electron chi connectivity index (χ4n) is 1.12. The number of unbranched alkanes of at least 4 members (excludes halogenated alkanes) is 3. The highest BCUT2D eigenvalue weighted by Crippen LogP contribution is 2.00. The van der Waals surface area contributed by atoms with Crippen LogP contribution in [-0.2, 0) is 14.0 Å². The number of hydrogen-bond acceptors (Lipinski definition) is 6. The third-order valence-electron chi connectivity index (χ3n) is 2.26. The first-order valence-corrected chi connectivity index (χ1v) is 7.47. The predicted octanol–water partition coefficient (Wildman–Crippen LogP) is 1.37. The van der Waals surface area contributed by atoms with E-state index < -0.39 is 14.6 Å². The van der Waals surface area contributed by atoms with Gasteiger partial charge in [-0.3, -0.25) is 0 Å². The lowest BCUT2D eigenvalue weighted by Crippen LogP contribution is -2.28. The molecule has 0 rings (SSSR count). The van der Waals surface area contributed by atoms with Gasteiger partial charge in [-0.2, -0.15) is 0 Å². The summed E-state index contributed by atoms with van der Waals surface area (Å²) in [5.41, 5.74) is 0. The smallest absolute Gasteiger partial charge is 0.402 e. The molecule has 0 fully saturated rings. The van der Waals surface area contributed by atoms with Crippen LogP contribution in [0.3, 0.4) is 0 Å². The van der Waals surface area contributed by atoms with E-state index in [2.05, 4.69) is 20.8 Å². The van der Waals surface area contributed by atoms with Crippen molar-refractivity contribution in [3.8, 4) is 0 Å². The van der Waals surface area contributed by atoms with Gasteiger partial charge in [-0.1, -0.05) is 40.0 Å². The van der Waals surface area contributed by atoms with E-state index in [0.29, 0.717) is 0 Å². The summed E-state index contributed by atoms with van der Waals surface area (Å²) in [7, 11) is -2.62. The lowest BCUT2D eigenvalue weighted by Gasteiger charge is -2.14. The summed E-state index contributed by atoms with van der Waals surface area (Å²) in [5.74, 6) is 0. The summed E-state index contributed by atoms with van der Waals surface area (Å²) < 4.78 is 16.6. The molecule has 0 spiro atoms. The van der Waals surface area contributed by atoms with Crippen molar-refractivity contribution >= 4 is 14.6 Å². The van der Waals surface area contributed by atoms with Crippen LogP contribution in [0.25, 0.3) is 0 Å². The Kier molecular flexibility index (Phi) is 20.9. The topological polar surface area (TPSA) is 88.4 Å². The van der Waals surface area contributed by atoms with Crippen molar-refractivity contribution in [3.05, 3.63) is 0 Å². The molecule has 0 amide bonds. The van der Waals surface area contributed by atoms with Gasteiger partial charge in [0.1, 0.15) is 0 Å². The quantitative estimate of drug-likeness (QED) is 0.372. The van der Waals surface area contributed by atoms with Crippen LogP contribution in [0.4, 0.5) is 0 Å². The molecular formula is C12H30B2O6. The standard InChI is InChI=1S/C12H27BO3.BH3O3/c1-4-7-10-14-13(15-11-8-5-2)16-12-9-6-3;2-1(3)4/h4-12H2,1-3H3;2-4H/i13-1;1-1. The Morgan fingerprint density at radius 3 is 1.10 bits per heavy atom. The molecule has 0 aromatic carbocycles. The van der Waals surface area contributed by atoms with Gasteiger partial charge in [0.2, 0.25) is 0 Å². The average molecular weight is 290 g/mol. The first-order chi connectivity index (χ1) is 9.58. The van der Waals surface area contributed by atoms with E-state index in [4.69, 9.17) is 29.0 Å². The molecule has 0 heterocycles. The molecule has 120 valence electrons. The minimum absolute atomic E-state index is 0.454. The van der Waals surface area contributed by atoms with Crippen molar-refractivity contribution in [2.24, 2.45) is 0 Å². The Morgan fingerprint density at radius 2 is 0.900 bits per heavy atom. The molecular weight excluding hydrogens is 260 g/mol. The maximum Gasteiger partial charge on any atom is 0.639 e. The van der Waals surface area contributed by atoms with Crippen LogP contribution in [0.5, 0.6) is 0 Å². The molecule has 0 saturated heterocycles. The molecule has 0 unspecified atom stereocenters. The largest absolute Gasteiger partial charge is 0.639 e. The van der Waals surface area contributed by atoms with Crippen LogP contribution in [0.2, 0.25) is 0 Å². The Hall–Kier alpha value is -0.110. The van der Waals surface area contributed by atoms with E-state index >= 15 is 0 Å². The monoisotopic (exact) mass is 290 g/mol. The summed E-state index contributed by atoms with van der Waals surface area (Å²) in [6.07, 6.45) is 6.59. The molecule has 20 heavy (non-hydrogen) atoms. The Bertz CT molecular complexity index is 147. The Labute approximate surface area is 123 Å². The second-order valence-electron chi connectivity index (χ2n) is 4.31. The third-order valence-corrected chi connectivity index (χ3v) is 2.26. The Balaban J connectivity index is 0. The van der Waals surface area contributed by atoms with Gasteiger partial charge in [-0.05, 0) is 19.3 Å². The van der Waals surface area contributed by atoms with Gasteiger partial charge in [0, 0.05) is 19.8 Å². The summed E-state index contributed by atoms with van der Waals surface area (Å²) in [5, 5.41) is 21.5. The number of hydrogen-bond donors (Lipinski definition) is 3. The average Bonchev–Trinajstić information content (AvgIpc) is 2.38. The van der Waals surface area contributed by atoms with Crippen molar-refractivity contribution in [2.75, 3.05) is 19.8 Å². The Morgan fingerprint density at radius 1 is 0.650 bits per heavy atom. The molecule has 0 aliphatic heterocycles. The van der Waals surface area contributed by atoms with E-state index in [1.165, 1.54) is 0 Å². The van der Waals surface area contributed by atoms with Crippen molar-refractivity contribution in [3.63, 3.8) is 0 Å². The summed E-state index contributed by atoms with van der Waals surface area (Å²) in [6.45, 7) is 8.61. The van der Waals surface area contributed by atoms with Crippen LogP contribution in [0.1, 0.15) is 59.3 Å². The van der Waals surface area contributed by atoms with Gasteiger partial charge in [0.25, 0.3) is 0 Å². The molecule has 3 N–H and O–H groups in total. The molecule has 0 aromatic heterocycles. The molecule has 0 aliphatic rings. The first-order valence-electron chi connectivity index (χ1n) is 7.47. The SMILES string of the molecule is CCCCO[10B](OCCCC)OCCCC.O[10B](O)O. The molecule has 0 saturated carbocycles. The van der Waals surface area contributed by atoms with Crippen molar-refractivity contribution in [2.45, 2.75) is 59.3 Å². The lowest BCUT2D eigenvalue weighted by atomic mass is 9.51. The third kappa shape index (κ3) is 23.0. The molecule has 0 atom stereocenters. The summed E-state index contributed by atoms with van der Waals surface area (Å²) in [6, 6.07) is 0. The second-order valence-corrected chi connectivity index (χ2v) is 4.31. The van der Waals surface area contributed by atoms with Crippen LogP contribution in [0, 0.1) is 0 Å². The molecule has 0 radical (unpaired) electrons. The van der Waals surface area contributed by atoms with Crippen LogP contribution >= 0.6 is 0 Å². The highest BCUT2D eigenvalue weighted by molar-refractivity contribution is 6.36. The minimum atomic E-state index is -2.17. The maximum absolute atomic E-state index is 7.17. The zero-order valence-corrected chi connectivity index (χ0v) is 13.1. The highest BCUT2D eigenvalue weighted by atomic mass is 16.7. The van der Waals surface area contributed by atoms with Gasteiger partial charge >= 0.3 is 14.6 Å². The van der Waals surface area contributed by atoms with Gasteiger partial charge in [-0.15, -0.1) is 0 Å². The fourth-order valence-corrected chi connectivity index (χ4v) is 1.12. The van der Waals surface area contributed by atoms with Gasteiger partial charge in [0.15, 0.2) is 0 Å². The number of rotatable bonds is 12. The van der Waals surface area contributed by atoms with E-state index in [1.807, 2.05) is 0 Å². The lowest BCUT2D eigenvalue weighted by molar-refractivity contribution is 0.0899. The second kappa shape index (κ2) is 18.9. The van der Waals surface area contributed by atoms with Crippen molar-refractivity contribution in [1.29, 1.82) is 0 Å². The van der Waals surface area contributed by atoms with Crippen LogP contribution < -0.4 is 0 Å². The molecule has 0 bridgehead atoms. The van der Waals surface area contributed by atoms with Crippen LogP contribution in [0.15, 0.2) is 0 Å². The van der Waals surface area contributed by atoms with Crippen molar-refractivity contribution in [1.82, 2.24) is 0 Å². The molecule has 6 nitrogen and oxygen atoms in total. The summed E-state index contributed by atoms with van der Waals surface area (Å²) >= 11 is 0. The van der Waals surface area contributed by atoms with E-state index in [9.17, 15) is 0 Å². The van der Waals surface area contributed by atoms with Gasteiger partial charge < -0.3 is 29.0 Å². The van der Waals surface area contributed by atoms with Gasteiger partial charge in [0.05, 0.1) is 0 Å². The van der Waals surface area contributed by atoms with Gasteiger partial charge in [-0.25, -0.2) is 0 Å². The zero-order valence-electron chi connectivity index (χ0n) is 13.1. The highest BCUT2D eigenvalue weighted by Gasteiger charge is 2.20. The maximum atomic E-state index is 7.17. The minimum Gasteiger partial charge on any atom is -0.402 e. The molecule has 8 heteroatoms. The fraction of sp³-hybridized carbons (Fsp3) is 1.00.